The number of aliphatic hydroxyl groups is 1. The van der Waals surface area contributed by atoms with Crippen molar-refractivity contribution in [3.05, 3.63) is 11.8 Å². The van der Waals surface area contributed by atoms with Crippen LogP contribution in [0.2, 0.25) is 0 Å². The summed E-state index contributed by atoms with van der Waals surface area (Å²) in [5.41, 5.74) is 6.43. The lowest BCUT2D eigenvalue weighted by Crippen LogP contribution is -2.07. The molecule has 1 heterocycles. The van der Waals surface area contributed by atoms with Crippen molar-refractivity contribution >= 4 is 11.8 Å². The number of nitrogens with zero attached hydrogens (tertiary/aromatic N) is 2. The van der Waals surface area contributed by atoms with E-state index in [1.165, 1.54) is 0 Å². The molecule has 78 valence electrons. The third-order valence-corrected chi connectivity index (χ3v) is 1.87. The zero-order chi connectivity index (χ0) is 10.4. The van der Waals surface area contributed by atoms with E-state index >= 15 is 0 Å². The Morgan fingerprint density at radius 1 is 1.50 bits per heavy atom. The molecule has 0 saturated heterocycles. The summed E-state index contributed by atoms with van der Waals surface area (Å²) in [5.74, 6) is 1.05. The molecule has 5 heteroatoms. The summed E-state index contributed by atoms with van der Waals surface area (Å²) in [7, 11) is 0. The molecule has 0 radical (unpaired) electrons. The van der Waals surface area contributed by atoms with E-state index < -0.39 is 0 Å². The molecule has 0 bridgehead atoms. The van der Waals surface area contributed by atoms with Crippen LogP contribution in [0.25, 0.3) is 0 Å². The predicted octanol–water partition coefficient (Wildman–Crippen LogP) is 0.552. The second-order valence-corrected chi connectivity index (χ2v) is 3.12. The summed E-state index contributed by atoms with van der Waals surface area (Å²) in [6.07, 6.45) is 3.41. The predicted molar refractivity (Wildman–Crippen MR) is 56.0 cm³/mol. The lowest BCUT2D eigenvalue weighted by molar-refractivity contribution is 0.286. The van der Waals surface area contributed by atoms with Gasteiger partial charge in [0.25, 0.3) is 0 Å². The van der Waals surface area contributed by atoms with Crippen LogP contribution in [-0.2, 0) is 0 Å². The van der Waals surface area contributed by atoms with Crippen LogP contribution in [0, 0.1) is 6.92 Å². The molecule has 1 aromatic heterocycles. The molecule has 0 unspecified atom stereocenters. The molecular formula is C9H16N4O. The van der Waals surface area contributed by atoms with Crippen molar-refractivity contribution in [2.75, 3.05) is 24.2 Å². The molecule has 1 rings (SSSR count). The van der Waals surface area contributed by atoms with Gasteiger partial charge in [0, 0.05) is 24.9 Å². The van der Waals surface area contributed by atoms with Crippen molar-refractivity contribution in [1.29, 1.82) is 0 Å². The van der Waals surface area contributed by atoms with Gasteiger partial charge in [0.15, 0.2) is 0 Å². The fourth-order valence-electron chi connectivity index (χ4n) is 1.08. The molecule has 14 heavy (non-hydrogen) atoms. The van der Waals surface area contributed by atoms with Gasteiger partial charge in [-0.2, -0.15) is 4.98 Å². The number of aryl methyl sites for hydroxylation is 1. The van der Waals surface area contributed by atoms with Crippen molar-refractivity contribution in [3.8, 4) is 0 Å². The standard InChI is InChI=1S/C9H16N4O/c1-7-6-12-9(10)13-8(7)11-4-2-3-5-14/h6,14H,2-5H2,1H3,(H3,10,11,12,13). The van der Waals surface area contributed by atoms with Crippen molar-refractivity contribution in [2.45, 2.75) is 19.8 Å². The summed E-state index contributed by atoms with van der Waals surface area (Å²) >= 11 is 0. The molecule has 0 aliphatic rings. The average molecular weight is 196 g/mol. The number of nitrogens with one attached hydrogen (secondary N) is 1. The van der Waals surface area contributed by atoms with Gasteiger partial charge in [-0.3, -0.25) is 0 Å². The molecule has 0 aliphatic carbocycles. The van der Waals surface area contributed by atoms with Crippen LogP contribution in [0.4, 0.5) is 11.8 Å². The molecule has 0 atom stereocenters. The first-order chi connectivity index (χ1) is 6.74. The first-order valence-corrected chi connectivity index (χ1v) is 4.68. The fraction of sp³-hybridized carbons (Fsp3) is 0.556. The van der Waals surface area contributed by atoms with E-state index in [2.05, 4.69) is 15.3 Å². The SMILES string of the molecule is Cc1cnc(N)nc1NCCCCO. The zero-order valence-corrected chi connectivity index (χ0v) is 8.32. The number of nitrogen functional groups attached to an aromatic ring is 1. The van der Waals surface area contributed by atoms with Crippen LogP contribution in [0.1, 0.15) is 18.4 Å². The molecule has 0 fully saturated rings. The minimum absolute atomic E-state index is 0.229. The van der Waals surface area contributed by atoms with Crippen LogP contribution >= 0.6 is 0 Å². The van der Waals surface area contributed by atoms with Crippen LogP contribution in [0.5, 0.6) is 0 Å². The van der Waals surface area contributed by atoms with E-state index in [1.807, 2.05) is 6.92 Å². The first-order valence-electron chi connectivity index (χ1n) is 4.68. The summed E-state index contributed by atoms with van der Waals surface area (Å²) in [5, 5.41) is 11.7. The summed E-state index contributed by atoms with van der Waals surface area (Å²) in [6, 6.07) is 0. The number of nitrogens with two attached hydrogens (primary N) is 1. The number of rotatable bonds is 5. The molecule has 0 aromatic carbocycles. The van der Waals surface area contributed by atoms with Gasteiger partial charge in [0.05, 0.1) is 0 Å². The van der Waals surface area contributed by atoms with Gasteiger partial charge >= 0.3 is 0 Å². The third kappa shape index (κ3) is 3.18. The molecule has 4 N–H and O–H groups in total. The highest BCUT2D eigenvalue weighted by atomic mass is 16.2. The maximum Gasteiger partial charge on any atom is 0.221 e. The minimum Gasteiger partial charge on any atom is -0.396 e. The van der Waals surface area contributed by atoms with Gasteiger partial charge in [-0.15, -0.1) is 0 Å². The topological polar surface area (TPSA) is 84.1 Å². The number of hydrogen-bond acceptors (Lipinski definition) is 5. The highest BCUT2D eigenvalue weighted by Crippen LogP contribution is 2.10. The molecule has 5 nitrogen and oxygen atoms in total. The number of hydrogen-bond donors (Lipinski definition) is 3. The van der Waals surface area contributed by atoms with Crippen molar-refractivity contribution in [1.82, 2.24) is 9.97 Å². The van der Waals surface area contributed by atoms with Gasteiger partial charge in [0.1, 0.15) is 5.82 Å². The van der Waals surface area contributed by atoms with Crippen molar-refractivity contribution in [2.24, 2.45) is 0 Å². The Kier molecular flexibility index (Phi) is 4.12. The van der Waals surface area contributed by atoms with Crippen molar-refractivity contribution < 1.29 is 5.11 Å². The Bertz CT molecular complexity index is 290. The Hall–Kier alpha value is -1.36. The maximum atomic E-state index is 8.59. The molecule has 1 aromatic rings. The number of aliphatic hydroxyl groups excluding tert-OH is 1. The zero-order valence-electron chi connectivity index (χ0n) is 8.32. The Morgan fingerprint density at radius 3 is 3.00 bits per heavy atom. The first kappa shape index (κ1) is 10.7. The van der Waals surface area contributed by atoms with Crippen molar-refractivity contribution in [3.63, 3.8) is 0 Å². The Morgan fingerprint density at radius 2 is 2.29 bits per heavy atom. The monoisotopic (exact) mass is 196 g/mol. The number of anilines is 2. The normalized spacial score (nSPS) is 10.1. The molecule has 0 aliphatic heterocycles. The van der Waals surface area contributed by atoms with Gasteiger partial charge in [-0.1, -0.05) is 0 Å². The van der Waals surface area contributed by atoms with Crippen LogP contribution in [0.15, 0.2) is 6.20 Å². The van der Waals surface area contributed by atoms with E-state index in [-0.39, 0.29) is 12.6 Å². The number of aromatic nitrogens is 2. The largest absolute Gasteiger partial charge is 0.396 e. The quantitative estimate of drug-likeness (QED) is 0.599. The lowest BCUT2D eigenvalue weighted by atomic mass is 10.3. The Labute approximate surface area is 83.4 Å². The van der Waals surface area contributed by atoms with E-state index in [0.717, 1.165) is 30.8 Å². The second kappa shape index (κ2) is 5.39. The van der Waals surface area contributed by atoms with Gasteiger partial charge in [0.2, 0.25) is 5.95 Å². The van der Waals surface area contributed by atoms with Crippen LogP contribution in [0.3, 0.4) is 0 Å². The Balaban J connectivity index is 2.45. The average Bonchev–Trinajstić information content (AvgIpc) is 2.18. The summed E-state index contributed by atoms with van der Waals surface area (Å²) in [6.45, 7) is 2.94. The summed E-state index contributed by atoms with van der Waals surface area (Å²) < 4.78 is 0. The van der Waals surface area contributed by atoms with Gasteiger partial charge in [-0.05, 0) is 19.8 Å². The molecule has 0 amide bonds. The second-order valence-electron chi connectivity index (χ2n) is 3.12. The smallest absolute Gasteiger partial charge is 0.221 e. The summed E-state index contributed by atoms with van der Waals surface area (Å²) in [4.78, 5) is 7.93. The van der Waals surface area contributed by atoms with Gasteiger partial charge < -0.3 is 16.2 Å². The number of unbranched alkanes of at least 4 members (excludes halogenated alkanes) is 1. The van der Waals surface area contributed by atoms with E-state index in [4.69, 9.17) is 10.8 Å². The maximum absolute atomic E-state index is 8.59. The van der Waals surface area contributed by atoms with Crippen LogP contribution < -0.4 is 11.1 Å². The lowest BCUT2D eigenvalue weighted by Gasteiger charge is -2.07. The van der Waals surface area contributed by atoms with E-state index in [9.17, 15) is 0 Å². The molecule has 0 saturated carbocycles. The highest BCUT2D eigenvalue weighted by molar-refractivity contribution is 5.44. The minimum atomic E-state index is 0.229. The highest BCUT2D eigenvalue weighted by Gasteiger charge is 1.99. The van der Waals surface area contributed by atoms with E-state index in [1.54, 1.807) is 6.20 Å². The van der Waals surface area contributed by atoms with E-state index in [0.29, 0.717) is 0 Å². The van der Waals surface area contributed by atoms with Gasteiger partial charge in [-0.25, -0.2) is 4.98 Å². The molecule has 0 spiro atoms. The van der Waals surface area contributed by atoms with Crippen LogP contribution in [-0.4, -0.2) is 28.2 Å². The fourth-order valence-corrected chi connectivity index (χ4v) is 1.08. The molecular weight excluding hydrogens is 180 g/mol. The third-order valence-electron chi connectivity index (χ3n) is 1.87.